The Kier molecular flexibility index (Phi) is 4.34. The minimum atomic E-state index is -0.867. The lowest BCUT2D eigenvalue weighted by Gasteiger charge is -2.16. The molecule has 1 saturated heterocycles. The molecule has 0 radical (unpaired) electrons. The van der Waals surface area contributed by atoms with Gasteiger partial charge in [0.2, 0.25) is 0 Å². The molecule has 2 aromatic rings. The molecule has 120 valence electrons. The SMILES string of the molecule is O=C(O)[C@@H]1CCN(C(=O)COc2ccc(Cl)c3cccnc23)C1. The van der Waals surface area contributed by atoms with Gasteiger partial charge < -0.3 is 14.7 Å². The van der Waals surface area contributed by atoms with E-state index in [1.54, 1.807) is 24.4 Å². The van der Waals surface area contributed by atoms with Gasteiger partial charge in [-0.1, -0.05) is 11.6 Å². The van der Waals surface area contributed by atoms with Crippen LogP contribution in [0.1, 0.15) is 6.42 Å². The molecule has 1 aromatic heterocycles. The Bertz CT molecular complexity index is 765. The number of likely N-dealkylation sites (tertiary alicyclic amines) is 1. The second kappa shape index (κ2) is 6.42. The summed E-state index contributed by atoms with van der Waals surface area (Å²) in [5.41, 5.74) is 0.595. The largest absolute Gasteiger partial charge is 0.481 e. The molecule has 1 amide bonds. The number of benzene rings is 1. The zero-order chi connectivity index (χ0) is 16.4. The molecule has 0 bridgehead atoms. The molecule has 0 aliphatic carbocycles. The molecular formula is C16H15ClN2O4. The molecule has 1 aliphatic heterocycles. The van der Waals surface area contributed by atoms with E-state index in [1.165, 1.54) is 4.90 Å². The maximum absolute atomic E-state index is 12.2. The summed E-state index contributed by atoms with van der Waals surface area (Å²) in [6.45, 7) is 0.523. The van der Waals surface area contributed by atoms with Crippen LogP contribution in [-0.2, 0) is 9.59 Å². The predicted molar refractivity (Wildman–Crippen MR) is 84.6 cm³/mol. The summed E-state index contributed by atoms with van der Waals surface area (Å²) >= 11 is 6.11. The molecule has 0 unspecified atom stereocenters. The van der Waals surface area contributed by atoms with Gasteiger partial charge in [-0.15, -0.1) is 0 Å². The summed E-state index contributed by atoms with van der Waals surface area (Å²) in [6.07, 6.45) is 2.11. The minimum absolute atomic E-state index is 0.153. The highest BCUT2D eigenvalue weighted by molar-refractivity contribution is 6.35. The summed E-state index contributed by atoms with van der Waals surface area (Å²) in [5, 5.41) is 10.3. The summed E-state index contributed by atoms with van der Waals surface area (Å²) in [4.78, 5) is 28.8. The Labute approximate surface area is 137 Å². The quantitative estimate of drug-likeness (QED) is 0.927. The van der Waals surface area contributed by atoms with Crippen LogP contribution in [-0.4, -0.2) is 46.6 Å². The van der Waals surface area contributed by atoms with Crippen molar-refractivity contribution in [2.75, 3.05) is 19.7 Å². The van der Waals surface area contributed by atoms with E-state index in [0.29, 0.717) is 29.3 Å². The average Bonchev–Trinajstić information content (AvgIpc) is 3.05. The Balaban J connectivity index is 1.68. The summed E-state index contributed by atoms with van der Waals surface area (Å²) < 4.78 is 5.58. The third-order valence-corrected chi connectivity index (χ3v) is 4.25. The fourth-order valence-electron chi connectivity index (χ4n) is 2.65. The molecular weight excluding hydrogens is 320 g/mol. The van der Waals surface area contributed by atoms with Crippen LogP contribution in [0.2, 0.25) is 5.02 Å². The number of carboxylic acid groups (broad SMARTS) is 1. The van der Waals surface area contributed by atoms with Crippen molar-refractivity contribution in [1.82, 2.24) is 9.88 Å². The van der Waals surface area contributed by atoms with Crippen LogP contribution in [0, 0.1) is 5.92 Å². The topological polar surface area (TPSA) is 79.7 Å². The van der Waals surface area contributed by atoms with Crippen LogP contribution >= 0.6 is 11.6 Å². The number of amides is 1. The molecule has 1 atom stereocenters. The highest BCUT2D eigenvalue weighted by Gasteiger charge is 2.30. The van der Waals surface area contributed by atoms with E-state index in [2.05, 4.69) is 4.98 Å². The number of aromatic nitrogens is 1. The second-order valence-corrected chi connectivity index (χ2v) is 5.80. The molecule has 0 saturated carbocycles. The first kappa shape index (κ1) is 15.6. The monoisotopic (exact) mass is 334 g/mol. The van der Waals surface area contributed by atoms with E-state index in [9.17, 15) is 9.59 Å². The van der Waals surface area contributed by atoms with Crippen molar-refractivity contribution in [2.45, 2.75) is 6.42 Å². The molecule has 2 heterocycles. The molecule has 6 nitrogen and oxygen atoms in total. The van der Waals surface area contributed by atoms with Gasteiger partial charge in [0.15, 0.2) is 6.61 Å². The Hall–Kier alpha value is -2.34. The number of hydrogen-bond donors (Lipinski definition) is 1. The van der Waals surface area contributed by atoms with Gasteiger partial charge in [-0.3, -0.25) is 14.6 Å². The number of halogens is 1. The van der Waals surface area contributed by atoms with Gasteiger partial charge in [-0.05, 0) is 30.7 Å². The van der Waals surface area contributed by atoms with Crippen LogP contribution in [0.5, 0.6) is 5.75 Å². The lowest BCUT2D eigenvalue weighted by Crippen LogP contribution is -2.33. The van der Waals surface area contributed by atoms with Gasteiger partial charge in [0.25, 0.3) is 5.91 Å². The van der Waals surface area contributed by atoms with Crippen LogP contribution < -0.4 is 4.74 Å². The van der Waals surface area contributed by atoms with E-state index in [-0.39, 0.29) is 19.1 Å². The number of carboxylic acids is 1. The number of nitrogens with zero attached hydrogens (tertiary/aromatic N) is 2. The molecule has 7 heteroatoms. The number of pyridine rings is 1. The first-order chi connectivity index (χ1) is 11.1. The number of carbonyl (C=O) groups is 2. The minimum Gasteiger partial charge on any atom is -0.481 e. The number of aliphatic carboxylic acids is 1. The zero-order valence-electron chi connectivity index (χ0n) is 12.2. The molecule has 1 N–H and O–H groups in total. The van der Waals surface area contributed by atoms with Gasteiger partial charge in [-0.2, -0.15) is 0 Å². The van der Waals surface area contributed by atoms with Crippen LogP contribution in [0.3, 0.4) is 0 Å². The van der Waals surface area contributed by atoms with Gasteiger partial charge in [0, 0.05) is 24.7 Å². The zero-order valence-corrected chi connectivity index (χ0v) is 13.0. The number of rotatable bonds is 4. The first-order valence-corrected chi connectivity index (χ1v) is 7.60. The van der Waals surface area contributed by atoms with Gasteiger partial charge in [-0.25, -0.2) is 0 Å². The van der Waals surface area contributed by atoms with Crippen molar-refractivity contribution in [3.63, 3.8) is 0 Å². The molecule has 1 aromatic carbocycles. The smallest absolute Gasteiger partial charge is 0.308 e. The number of fused-ring (bicyclic) bond motifs is 1. The standard InChI is InChI=1S/C16H15ClN2O4/c17-12-3-4-13(15-11(12)2-1-6-18-15)23-9-14(20)19-7-5-10(8-19)16(21)22/h1-4,6,10H,5,7-9H2,(H,21,22)/t10-/m1/s1. The number of ether oxygens (including phenoxy) is 1. The van der Waals surface area contributed by atoms with Crippen molar-refractivity contribution in [3.8, 4) is 5.75 Å². The fraction of sp³-hybridized carbons (Fsp3) is 0.312. The number of hydrogen-bond acceptors (Lipinski definition) is 4. The second-order valence-electron chi connectivity index (χ2n) is 5.40. The van der Waals surface area contributed by atoms with Crippen LogP contribution in [0.15, 0.2) is 30.5 Å². The van der Waals surface area contributed by atoms with Gasteiger partial charge in [0.1, 0.15) is 11.3 Å². The normalized spacial score (nSPS) is 17.4. The Morgan fingerprint density at radius 3 is 2.96 bits per heavy atom. The maximum atomic E-state index is 12.2. The maximum Gasteiger partial charge on any atom is 0.308 e. The predicted octanol–water partition coefficient (Wildman–Crippen LogP) is 2.20. The van der Waals surface area contributed by atoms with Gasteiger partial charge in [0.05, 0.1) is 10.9 Å². The molecule has 23 heavy (non-hydrogen) atoms. The summed E-state index contributed by atoms with van der Waals surface area (Å²) in [5.74, 6) is -1.11. The highest BCUT2D eigenvalue weighted by atomic mass is 35.5. The fourth-order valence-corrected chi connectivity index (χ4v) is 2.86. The highest BCUT2D eigenvalue weighted by Crippen LogP contribution is 2.29. The van der Waals surface area contributed by atoms with Crippen molar-refractivity contribution in [3.05, 3.63) is 35.5 Å². The lowest BCUT2D eigenvalue weighted by molar-refractivity contribution is -0.141. The van der Waals surface area contributed by atoms with Crippen LogP contribution in [0.4, 0.5) is 0 Å². The molecule has 1 fully saturated rings. The third kappa shape index (κ3) is 3.22. The van der Waals surface area contributed by atoms with E-state index in [0.717, 1.165) is 5.39 Å². The summed E-state index contributed by atoms with van der Waals surface area (Å²) in [6, 6.07) is 6.98. The van der Waals surface area contributed by atoms with Crippen molar-refractivity contribution >= 4 is 34.4 Å². The number of carbonyl (C=O) groups excluding carboxylic acids is 1. The van der Waals surface area contributed by atoms with Crippen LogP contribution in [0.25, 0.3) is 10.9 Å². The molecule has 3 rings (SSSR count). The molecule has 0 spiro atoms. The van der Waals surface area contributed by atoms with Crippen molar-refractivity contribution < 1.29 is 19.4 Å². The molecule has 1 aliphatic rings. The Morgan fingerprint density at radius 1 is 1.39 bits per heavy atom. The van der Waals surface area contributed by atoms with E-state index >= 15 is 0 Å². The van der Waals surface area contributed by atoms with Crippen molar-refractivity contribution in [2.24, 2.45) is 5.92 Å². The van der Waals surface area contributed by atoms with E-state index in [4.69, 9.17) is 21.4 Å². The Morgan fingerprint density at radius 2 is 2.22 bits per heavy atom. The van der Waals surface area contributed by atoms with Crippen molar-refractivity contribution in [1.29, 1.82) is 0 Å². The first-order valence-electron chi connectivity index (χ1n) is 7.23. The van der Waals surface area contributed by atoms with Gasteiger partial charge >= 0.3 is 5.97 Å². The lowest BCUT2D eigenvalue weighted by atomic mass is 10.1. The van der Waals surface area contributed by atoms with E-state index in [1.807, 2.05) is 6.07 Å². The third-order valence-electron chi connectivity index (χ3n) is 3.92. The average molecular weight is 335 g/mol. The van der Waals surface area contributed by atoms with E-state index < -0.39 is 11.9 Å². The summed E-state index contributed by atoms with van der Waals surface area (Å²) in [7, 11) is 0.